The summed E-state index contributed by atoms with van der Waals surface area (Å²) < 4.78 is 0. The van der Waals surface area contributed by atoms with E-state index in [2.05, 4.69) is 30.8 Å². The predicted molar refractivity (Wildman–Crippen MR) is 92.1 cm³/mol. The number of imide groups is 1. The van der Waals surface area contributed by atoms with Crippen LogP contribution in [0.15, 0.2) is 46.5 Å². The average Bonchev–Trinajstić information content (AvgIpc) is 3.08. The minimum Gasteiger partial charge on any atom is -0.334 e. The number of H-pyrrole nitrogens is 2. The van der Waals surface area contributed by atoms with Gasteiger partial charge in [-0.05, 0) is 5.56 Å². The Kier molecular flexibility index (Phi) is 5.09. The Morgan fingerprint density at radius 1 is 1.20 bits per heavy atom. The fourth-order valence-electron chi connectivity index (χ4n) is 2.01. The van der Waals surface area contributed by atoms with Gasteiger partial charge in [-0.1, -0.05) is 42.1 Å². The first-order chi connectivity index (χ1) is 12.1. The molecule has 9 nitrogen and oxygen atoms in total. The normalized spacial score (nSPS) is 10.6. The van der Waals surface area contributed by atoms with E-state index >= 15 is 0 Å². The number of rotatable bonds is 5. The van der Waals surface area contributed by atoms with E-state index in [4.69, 9.17) is 0 Å². The van der Waals surface area contributed by atoms with Crippen LogP contribution in [0.4, 0.5) is 4.79 Å². The van der Waals surface area contributed by atoms with Crippen molar-refractivity contribution in [2.45, 2.75) is 11.7 Å². The van der Waals surface area contributed by atoms with Crippen LogP contribution in [0.2, 0.25) is 0 Å². The van der Waals surface area contributed by atoms with Crippen LogP contribution in [0.5, 0.6) is 0 Å². The largest absolute Gasteiger partial charge is 0.334 e. The first-order valence-electron chi connectivity index (χ1n) is 7.29. The summed E-state index contributed by atoms with van der Waals surface area (Å²) in [5, 5.41) is 11.7. The second-order valence-electron chi connectivity index (χ2n) is 5.01. The zero-order valence-corrected chi connectivity index (χ0v) is 13.7. The summed E-state index contributed by atoms with van der Waals surface area (Å²) in [7, 11) is 0. The molecule has 3 amide bonds. The number of aromatic nitrogens is 4. The molecule has 25 heavy (non-hydrogen) atoms. The van der Waals surface area contributed by atoms with Crippen molar-refractivity contribution in [2.75, 3.05) is 5.75 Å². The Morgan fingerprint density at radius 2 is 2.00 bits per heavy atom. The maximum atomic E-state index is 11.8. The van der Waals surface area contributed by atoms with Gasteiger partial charge in [-0.3, -0.25) is 20.0 Å². The van der Waals surface area contributed by atoms with E-state index in [-0.39, 0.29) is 16.5 Å². The summed E-state index contributed by atoms with van der Waals surface area (Å²) in [5.74, 6) is -0.565. The van der Waals surface area contributed by atoms with Crippen molar-refractivity contribution in [3.8, 4) is 0 Å². The molecule has 0 fully saturated rings. The highest BCUT2D eigenvalue weighted by Crippen LogP contribution is 2.12. The zero-order chi connectivity index (χ0) is 17.6. The molecule has 2 heterocycles. The third kappa shape index (κ3) is 4.44. The van der Waals surface area contributed by atoms with E-state index in [0.717, 1.165) is 17.3 Å². The van der Waals surface area contributed by atoms with E-state index in [0.29, 0.717) is 17.6 Å². The van der Waals surface area contributed by atoms with Crippen molar-refractivity contribution in [3.63, 3.8) is 0 Å². The molecule has 3 aromatic rings. The van der Waals surface area contributed by atoms with E-state index in [1.54, 1.807) is 0 Å². The molecule has 0 aliphatic carbocycles. The highest BCUT2D eigenvalue weighted by Gasteiger charge is 2.11. The maximum Gasteiger partial charge on any atom is 0.321 e. The fraction of sp³-hybridized carbons (Fsp3) is 0.133. The molecule has 3 rings (SSSR count). The lowest BCUT2D eigenvalue weighted by atomic mass is 10.2. The first kappa shape index (κ1) is 16.7. The molecule has 1 aromatic carbocycles. The molecule has 4 N–H and O–H groups in total. The molecule has 0 saturated carbocycles. The predicted octanol–water partition coefficient (Wildman–Crippen LogP) is 0.764. The Balaban J connectivity index is 1.48. The molecular formula is C15H14N6O3S. The average molecular weight is 358 g/mol. The summed E-state index contributed by atoms with van der Waals surface area (Å²) >= 11 is 1.01. The van der Waals surface area contributed by atoms with Gasteiger partial charge >= 0.3 is 6.03 Å². The van der Waals surface area contributed by atoms with Crippen LogP contribution in [-0.2, 0) is 11.3 Å². The van der Waals surface area contributed by atoms with Gasteiger partial charge in [-0.25, -0.2) is 9.78 Å². The molecule has 128 valence electrons. The van der Waals surface area contributed by atoms with E-state index in [1.165, 1.54) is 6.20 Å². The van der Waals surface area contributed by atoms with Crippen LogP contribution in [0.1, 0.15) is 5.56 Å². The Hall–Kier alpha value is -3.14. The van der Waals surface area contributed by atoms with Gasteiger partial charge in [0.1, 0.15) is 5.39 Å². The molecule has 0 bridgehead atoms. The Morgan fingerprint density at radius 3 is 2.80 bits per heavy atom. The van der Waals surface area contributed by atoms with Gasteiger partial charge in [0.15, 0.2) is 10.8 Å². The number of carbonyl (C=O) groups excluding carboxylic acids is 2. The maximum absolute atomic E-state index is 11.8. The minimum atomic E-state index is -0.583. The second-order valence-corrected chi connectivity index (χ2v) is 5.97. The lowest BCUT2D eigenvalue weighted by molar-refractivity contribution is -0.117. The summed E-state index contributed by atoms with van der Waals surface area (Å²) in [5.41, 5.74) is 0.920. The molecule has 2 aromatic heterocycles. The number of hydrogen-bond donors (Lipinski definition) is 4. The van der Waals surface area contributed by atoms with Crippen molar-refractivity contribution in [1.29, 1.82) is 0 Å². The van der Waals surface area contributed by atoms with Crippen LogP contribution < -0.4 is 16.2 Å². The van der Waals surface area contributed by atoms with Crippen molar-refractivity contribution in [1.82, 2.24) is 30.8 Å². The number of aromatic amines is 2. The van der Waals surface area contributed by atoms with Gasteiger partial charge in [0.25, 0.3) is 5.56 Å². The van der Waals surface area contributed by atoms with Gasteiger partial charge in [0.2, 0.25) is 5.91 Å². The summed E-state index contributed by atoms with van der Waals surface area (Å²) in [6.45, 7) is 0.318. The molecule has 10 heteroatoms. The number of carbonyl (C=O) groups is 2. The zero-order valence-electron chi connectivity index (χ0n) is 12.9. The number of fused-ring (bicyclic) bond motifs is 1. The van der Waals surface area contributed by atoms with Crippen LogP contribution >= 0.6 is 11.8 Å². The van der Waals surface area contributed by atoms with Gasteiger partial charge in [0, 0.05) is 6.54 Å². The fourth-order valence-corrected chi connectivity index (χ4v) is 2.67. The second kappa shape index (κ2) is 7.62. The third-order valence-corrected chi connectivity index (χ3v) is 4.06. The van der Waals surface area contributed by atoms with E-state index in [1.807, 2.05) is 30.3 Å². The van der Waals surface area contributed by atoms with Crippen LogP contribution in [0, 0.1) is 0 Å². The van der Waals surface area contributed by atoms with Crippen molar-refractivity contribution in [3.05, 3.63) is 52.4 Å². The Labute approximate surface area is 145 Å². The number of thioether (sulfide) groups is 1. The third-order valence-electron chi connectivity index (χ3n) is 3.19. The molecule has 0 radical (unpaired) electrons. The van der Waals surface area contributed by atoms with Gasteiger partial charge in [0.05, 0.1) is 11.9 Å². The summed E-state index contributed by atoms with van der Waals surface area (Å²) in [6.07, 6.45) is 1.37. The molecule has 0 atom stereocenters. The highest BCUT2D eigenvalue weighted by atomic mass is 32.2. The number of nitrogens with zero attached hydrogens (tertiary/aromatic N) is 2. The van der Waals surface area contributed by atoms with Crippen molar-refractivity contribution >= 4 is 34.7 Å². The molecule has 0 saturated heterocycles. The lowest BCUT2D eigenvalue weighted by Gasteiger charge is -2.06. The van der Waals surface area contributed by atoms with Crippen molar-refractivity contribution in [2.24, 2.45) is 0 Å². The molecule has 0 spiro atoms. The molecular weight excluding hydrogens is 344 g/mol. The number of benzene rings is 1. The van der Waals surface area contributed by atoms with Gasteiger partial charge in [-0.2, -0.15) is 5.10 Å². The topological polar surface area (TPSA) is 133 Å². The van der Waals surface area contributed by atoms with Crippen LogP contribution in [0.3, 0.4) is 0 Å². The first-order valence-corrected chi connectivity index (χ1v) is 8.28. The van der Waals surface area contributed by atoms with E-state index < -0.39 is 11.9 Å². The minimum absolute atomic E-state index is 0.0681. The Bertz CT molecular complexity index is 953. The molecule has 0 aliphatic heterocycles. The summed E-state index contributed by atoms with van der Waals surface area (Å²) in [4.78, 5) is 41.9. The van der Waals surface area contributed by atoms with Crippen LogP contribution in [0.25, 0.3) is 11.0 Å². The highest BCUT2D eigenvalue weighted by molar-refractivity contribution is 7.99. The lowest BCUT2D eigenvalue weighted by Crippen LogP contribution is -2.40. The number of amides is 3. The number of nitrogens with one attached hydrogen (secondary N) is 4. The molecule has 0 aliphatic rings. The van der Waals surface area contributed by atoms with Gasteiger partial charge in [-0.15, -0.1) is 0 Å². The SMILES string of the molecule is O=C(CSc1nc2[nH]ncc2c(=O)[nH]1)NC(=O)NCc1ccccc1. The summed E-state index contributed by atoms with van der Waals surface area (Å²) in [6, 6.07) is 8.75. The van der Waals surface area contributed by atoms with Crippen molar-refractivity contribution < 1.29 is 9.59 Å². The van der Waals surface area contributed by atoms with Gasteiger partial charge < -0.3 is 10.3 Å². The van der Waals surface area contributed by atoms with Crippen LogP contribution in [-0.4, -0.2) is 37.9 Å². The monoisotopic (exact) mass is 358 g/mol. The standard InChI is InChI=1S/C15H14N6O3S/c22-11(18-14(24)16-6-9-4-2-1-3-5-9)8-25-15-19-12-10(7-17-21-12)13(23)20-15/h1-5,7H,6,8H2,(H2,16,18,22,24)(H2,17,19,20,21,23). The smallest absolute Gasteiger partial charge is 0.321 e. The molecule has 0 unspecified atom stereocenters. The van der Waals surface area contributed by atoms with E-state index in [9.17, 15) is 14.4 Å². The quantitative estimate of drug-likeness (QED) is 0.393. The number of urea groups is 1. The number of hydrogen-bond acceptors (Lipinski definition) is 6.